The van der Waals surface area contributed by atoms with E-state index in [-0.39, 0.29) is 17.0 Å². The van der Waals surface area contributed by atoms with Gasteiger partial charge in [0.1, 0.15) is 5.70 Å². The van der Waals surface area contributed by atoms with Gasteiger partial charge in [-0.25, -0.2) is 0 Å². The summed E-state index contributed by atoms with van der Waals surface area (Å²) in [5, 5.41) is 3.15. The topological polar surface area (TPSA) is 72.2 Å². The van der Waals surface area contributed by atoms with Crippen LogP contribution in [0, 0.1) is 0 Å². The summed E-state index contributed by atoms with van der Waals surface area (Å²) in [6.07, 6.45) is 1.51. The number of carbonyl (C=O) groups is 2. The fourth-order valence-corrected chi connectivity index (χ4v) is 2.34. The Kier molecular flexibility index (Phi) is 5.65. The molecule has 25 heavy (non-hydrogen) atoms. The molecule has 0 atom stereocenters. The Morgan fingerprint density at radius 2 is 1.56 bits per heavy atom. The van der Waals surface area contributed by atoms with Gasteiger partial charge in [0.2, 0.25) is 0 Å². The first kappa shape index (κ1) is 18.7. The summed E-state index contributed by atoms with van der Waals surface area (Å²) >= 11 is 5.84. The summed E-state index contributed by atoms with van der Waals surface area (Å²) in [6, 6.07) is 14.1. The van der Waals surface area contributed by atoms with Gasteiger partial charge in [0.25, 0.3) is 11.8 Å². The molecule has 130 valence electrons. The maximum atomic E-state index is 12.4. The Bertz CT molecular complexity index is 801. The van der Waals surface area contributed by atoms with Gasteiger partial charge in [-0.2, -0.15) is 0 Å². The normalized spacial score (nSPS) is 11.9. The number of amides is 2. The lowest BCUT2D eigenvalue weighted by Crippen LogP contribution is -2.31. The molecule has 0 bridgehead atoms. The van der Waals surface area contributed by atoms with Crippen LogP contribution in [0.25, 0.3) is 6.08 Å². The third-order valence-electron chi connectivity index (χ3n) is 3.71. The maximum Gasteiger partial charge on any atom is 0.265 e. The molecule has 2 aromatic rings. The Morgan fingerprint density at radius 3 is 2.04 bits per heavy atom. The second-order valence-corrected chi connectivity index (χ2v) is 7.19. The molecular formula is C20H21ClN2O2. The molecular weight excluding hydrogens is 336 g/mol. The molecule has 0 saturated heterocycles. The fraction of sp³-hybridized carbons (Fsp3) is 0.200. The summed E-state index contributed by atoms with van der Waals surface area (Å²) < 4.78 is 0. The molecule has 2 aromatic carbocycles. The molecule has 0 aliphatic rings. The van der Waals surface area contributed by atoms with Crippen LogP contribution in [0.15, 0.2) is 54.2 Å². The van der Waals surface area contributed by atoms with Crippen LogP contribution in [0.3, 0.4) is 0 Å². The van der Waals surface area contributed by atoms with Gasteiger partial charge in [-0.15, -0.1) is 0 Å². The number of hydrogen-bond acceptors (Lipinski definition) is 2. The van der Waals surface area contributed by atoms with Crippen molar-refractivity contribution in [1.82, 2.24) is 5.32 Å². The van der Waals surface area contributed by atoms with Gasteiger partial charge in [0, 0.05) is 10.6 Å². The minimum absolute atomic E-state index is 0.00186. The lowest BCUT2D eigenvalue weighted by molar-refractivity contribution is -0.114. The molecule has 0 heterocycles. The highest BCUT2D eigenvalue weighted by atomic mass is 35.5. The second-order valence-electron chi connectivity index (χ2n) is 6.76. The van der Waals surface area contributed by atoms with E-state index in [2.05, 4.69) is 26.1 Å². The number of rotatable bonds is 4. The van der Waals surface area contributed by atoms with Gasteiger partial charge >= 0.3 is 0 Å². The predicted octanol–water partition coefficient (Wildman–Crippen LogP) is 3.89. The zero-order chi connectivity index (χ0) is 18.6. The number of nitrogens with two attached hydrogens (primary N) is 1. The molecule has 0 aromatic heterocycles. The lowest BCUT2D eigenvalue weighted by atomic mass is 9.87. The number of primary amides is 1. The van der Waals surface area contributed by atoms with Crippen molar-refractivity contribution in [2.75, 3.05) is 0 Å². The molecule has 5 heteroatoms. The highest BCUT2D eigenvalue weighted by Crippen LogP contribution is 2.22. The van der Waals surface area contributed by atoms with E-state index in [0.717, 1.165) is 5.56 Å². The molecule has 0 aliphatic carbocycles. The lowest BCUT2D eigenvalue weighted by Gasteiger charge is -2.19. The highest BCUT2D eigenvalue weighted by Gasteiger charge is 2.15. The number of hydrogen-bond donors (Lipinski definition) is 2. The van der Waals surface area contributed by atoms with Crippen LogP contribution in [0.1, 0.15) is 42.3 Å². The van der Waals surface area contributed by atoms with Gasteiger partial charge < -0.3 is 11.1 Å². The summed E-state index contributed by atoms with van der Waals surface area (Å²) in [6.45, 7) is 6.30. The first-order valence-corrected chi connectivity index (χ1v) is 8.23. The predicted molar refractivity (Wildman–Crippen MR) is 101 cm³/mol. The van der Waals surface area contributed by atoms with E-state index in [9.17, 15) is 9.59 Å². The average molecular weight is 357 g/mol. The zero-order valence-corrected chi connectivity index (χ0v) is 15.2. The van der Waals surface area contributed by atoms with Crippen LogP contribution >= 0.6 is 11.6 Å². The maximum absolute atomic E-state index is 12.4. The molecule has 4 nitrogen and oxygen atoms in total. The first-order valence-electron chi connectivity index (χ1n) is 7.86. The van der Waals surface area contributed by atoms with Crippen molar-refractivity contribution in [3.05, 3.63) is 75.9 Å². The van der Waals surface area contributed by atoms with E-state index in [1.54, 1.807) is 36.4 Å². The van der Waals surface area contributed by atoms with Crippen LogP contribution in [0.5, 0.6) is 0 Å². The largest absolute Gasteiger partial charge is 0.364 e. The molecule has 0 aliphatic heterocycles. The van der Waals surface area contributed by atoms with Crippen molar-refractivity contribution in [1.29, 1.82) is 0 Å². The van der Waals surface area contributed by atoms with Crippen molar-refractivity contribution < 1.29 is 9.59 Å². The second kappa shape index (κ2) is 7.53. The molecule has 0 unspecified atom stereocenters. The number of halogens is 1. The SMILES string of the molecule is CC(C)(C)c1ccc(C(=O)N/C(=C/c2ccc(Cl)cc2)C(N)=O)cc1. The quantitative estimate of drug-likeness (QED) is 0.815. The summed E-state index contributed by atoms with van der Waals surface area (Å²) in [5.41, 5.74) is 7.68. The first-order chi connectivity index (χ1) is 11.7. The van der Waals surface area contributed by atoms with Crippen LogP contribution in [-0.4, -0.2) is 11.8 Å². The highest BCUT2D eigenvalue weighted by molar-refractivity contribution is 6.30. The van der Waals surface area contributed by atoms with Crippen LogP contribution < -0.4 is 11.1 Å². The molecule has 3 N–H and O–H groups in total. The van der Waals surface area contributed by atoms with Crippen molar-refractivity contribution in [3.8, 4) is 0 Å². The van der Waals surface area contributed by atoms with E-state index in [0.29, 0.717) is 16.1 Å². The summed E-state index contributed by atoms with van der Waals surface area (Å²) in [4.78, 5) is 24.0. The van der Waals surface area contributed by atoms with E-state index in [1.165, 1.54) is 6.08 Å². The molecule has 0 saturated carbocycles. The number of nitrogens with one attached hydrogen (secondary N) is 1. The van der Waals surface area contributed by atoms with Crippen LogP contribution in [-0.2, 0) is 10.2 Å². The van der Waals surface area contributed by atoms with Crippen molar-refractivity contribution in [2.24, 2.45) is 5.73 Å². The van der Waals surface area contributed by atoms with Gasteiger partial charge in [-0.1, -0.05) is 56.6 Å². The minimum atomic E-state index is -0.713. The van der Waals surface area contributed by atoms with Gasteiger partial charge in [0.15, 0.2) is 0 Å². The molecule has 0 spiro atoms. The molecule has 2 rings (SSSR count). The minimum Gasteiger partial charge on any atom is -0.364 e. The Hall–Kier alpha value is -2.59. The van der Waals surface area contributed by atoms with Crippen molar-refractivity contribution in [2.45, 2.75) is 26.2 Å². The Labute approximate surface area is 152 Å². The van der Waals surface area contributed by atoms with Crippen molar-refractivity contribution in [3.63, 3.8) is 0 Å². The van der Waals surface area contributed by atoms with E-state index >= 15 is 0 Å². The smallest absolute Gasteiger partial charge is 0.265 e. The van der Waals surface area contributed by atoms with Gasteiger partial charge in [-0.3, -0.25) is 9.59 Å². The van der Waals surface area contributed by atoms with Crippen LogP contribution in [0.2, 0.25) is 5.02 Å². The Morgan fingerprint density at radius 1 is 1.00 bits per heavy atom. The van der Waals surface area contributed by atoms with E-state index < -0.39 is 5.91 Å². The summed E-state index contributed by atoms with van der Waals surface area (Å²) in [7, 11) is 0. The zero-order valence-electron chi connectivity index (χ0n) is 14.5. The number of carbonyl (C=O) groups excluding carboxylic acids is 2. The molecule has 0 radical (unpaired) electrons. The average Bonchev–Trinajstić information content (AvgIpc) is 2.55. The molecule has 2 amide bonds. The van der Waals surface area contributed by atoms with E-state index in [4.69, 9.17) is 17.3 Å². The van der Waals surface area contributed by atoms with Gasteiger partial charge in [0.05, 0.1) is 0 Å². The third-order valence-corrected chi connectivity index (χ3v) is 3.96. The fourth-order valence-electron chi connectivity index (χ4n) is 2.21. The van der Waals surface area contributed by atoms with Gasteiger partial charge in [-0.05, 0) is 46.9 Å². The number of benzene rings is 2. The Balaban J connectivity index is 2.20. The molecule has 0 fully saturated rings. The van der Waals surface area contributed by atoms with Crippen LogP contribution in [0.4, 0.5) is 0 Å². The third kappa shape index (κ3) is 5.19. The van der Waals surface area contributed by atoms with E-state index in [1.807, 2.05) is 12.1 Å². The van der Waals surface area contributed by atoms with Crippen molar-refractivity contribution >= 4 is 29.5 Å². The monoisotopic (exact) mass is 356 g/mol. The summed E-state index contributed by atoms with van der Waals surface area (Å²) in [5.74, 6) is -1.10. The standard InChI is InChI=1S/C20H21ClN2O2/c1-20(2,3)15-8-6-14(7-9-15)19(25)23-17(18(22)24)12-13-4-10-16(21)11-5-13/h4-12H,1-3H3,(H2,22,24)(H,23,25)/b17-12+.